The van der Waals surface area contributed by atoms with Crippen molar-refractivity contribution < 1.29 is 13.6 Å². The van der Waals surface area contributed by atoms with Crippen LogP contribution in [0.4, 0.5) is 13.6 Å². The minimum Gasteiger partial charge on any atom is -0.330 e. The summed E-state index contributed by atoms with van der Waals surface area (Å²) in [5.41, 5.74) is 1.24. The molecule has 24 heavy (non-hydrogen) atoms. The van der Waals surface area contributed by atoms with Gasteiger partial charge in [-0.15, -0.1) is 0 Å². The molecule has 0 spiro atoms. The molecule has 0 bridgehead atoms. The maximum Gasteiger partial charge on any atom is 0.360 e. The molecule has 1 aromatic heterocycles. The maximum absolute atomic E-state index is 14.3. The number of hydrogen-bond donors (Lipinski definition) is 1. The highest BCUT2D eigenvalue weighted by Gasteiger charge is 2.33. The summed E-state index contributed by atoms with van der Waals surface area (Å²) in [7, 11) is 0. The first-order valence-corrected chi connectivity index (χ1v) is 8.08. The maximum atomic E-state index is 14.3. The van der Waals surface area contributed by atoms with E-state index in [4.69, 9.17) is 0 Å². The Morgan fingerprint density at radius 2 is 1.83 bits per heavy atom. The van der Waals surface area contributed by atoms with Gasteiger partial charge in [0.15, 0.2) is 0 Å². The van der Waals surface area contributed by atoms with Gasteiger partial charge >= 0.3 is 12.1 Å². The van der Waals surface area contributed by atoms with Crippen LogP contribution in [0.15, 0.2) is 42.6 Å². The van der Waals surface area contributed by atoms with Crippen molar-refractivity contribution >= 4 is 6.03 Å². The summed E-state index contributed by atoms with van der Waals surface area (Å²) >= 11 is 0. The second-order valence-electron chi connectivity index (χ2n) is 5.88. The number of aromatic nitrogens is 2. The third-order valence-corrected chi connectivity index (χ3v) is 4.09. The average molecular weight is 334 g/mol. The van der Waals surface area contributed by atoms with Gasteiger partial charge in [-0.1, -0.05) is 30.3 Å². The monoisotopic (exact) mass is 334 g/mol. The van der Waals surface area contributed by atoms with Crippen molar-refractivity contribution in [3.8, 4) is 11.3 Å². The fraction of sp³-hybridized carbons (Fsp3) is 0.412. The van der Waals surface area contributed by atoms with E-state index in [1.807, 2.05) is 30.3 Å². The second-order valence-corrected chi connectivity index (χ2v) is 5.88. The molecule has 3 rings (SSSR count). The lowest BCUT2D eigenvalue weighted by molar-refractivity contribution is -0.0872. The minimum atomic E-state index is -3.28. The highest BCUT2D eigenvalue weighted by molar-refractivity contribution is 5.74. The third-order valence-electron chi connectivity index (χ3n) is 4.09. The van der Waals surface area contributed by atoms with Crippen LogP contribution in [0.1, 0.15) is 19.3 Å². The number of rotatable bonds is 4. The van der Waals surface area contributed by atoms with Gasteiger partial charge in [0, 0.05) is 24.8 Å². The van der Waals surface area contributed by atoms with Gasteiger partial charge in [-0.25, -0.2) is 9.48 Å². The predicted octanol–water partition coefficient (Wildman–Crippen LogP) is 3.29. The van der Waals surface area contributed by atoms with E-state index in [9.17, 15) is 13.6 Å². The van der Waals surface area contributed by atoms with Crippen molar-refractivity contribution in [1.82, 2.24) is 20.0 Å². The van der Waals surface area contributed by atoms with Crippen molar-refractivity contribution in [3.05, 3.63) is 42.6 Å². The molecule has 2 amide bonds. The number of nitrogens with one attached hydrogen (secondary N) is 1. The van der Waals surface area contributed by atoms with Gasteiger partial charge in [0.2, 0.25) is 0 Å². The molecule has 1 aromatic carbocycles. The van der Waals surface area contributed by atoms with Gasteiger partial charge in [-0.05, 0) is 25.3 Å². The molecule has 5 nitrogen and oxygen atoms in total. The number of carbonyl (C=O) groups excluding carboxylic acids is 1. The van der Waals surface area contributed by atoms with E-state index in [-0.39, 0.29) is 0 Å². The molecule has 2 aromatic rings. The van der Waals surface area contributed by atoms with Crippen LogP contribution in [-0.2, 0) is 6.05 Å². The van der Waals surface area contributed by atoms with Gasteiger partial charge in [-0.3, -0.25) is 0 Å². The quantitative estimate of drug-likeness (QED) is 0.933. The topological polar surface area (TPSA) is 50.2 Å². The summed E-state index contributed by atoms with van der Waals surface area (Å²) in [6, 6.07) is 6.94. The zero-order chi connectivity index (χ0) is 17.0. The van der Waals surface area contributed by atoms with Crippen molar-refractivity contribution in [2.45, 2.75) is 25.3 Å². The van der Waals surface area contributed by atoms with E-state index in [2.05, 4.69) is 10.4 Å². The lowest BCUT2D eigenvalue weighted by Crippen LogP contribution is -2.47. The largest absolute Gasteiger partial charge is 0.360 e. The lowest BCUT2D eigenvalue weighted by atomic mass is 10.1. The summed E-state index contributed by atoms with van der Waals surface area (Å²) in [5.74, 6) is 0. The number of urea groups is 1. The Kier molecular flexibility index (Phi) is 4.78. The molecule has 0 saturated carbocycles. The molecule has 0 radical (unpaired) electrons. The molecule has 1 fully saturated rings. The Hall–Kier alpha value is -2.44. The van der Waals surface area contributed by atoms with Gasteiger partial charge in [-0.2, -0.15) is 13.9 Å². The Bertz CT molecular complexity index is 681. The van der Waals surface area contributed by atoms with E-state index >= 15 is 0 Å². The van der Waals surface area contributed by atoms with Gasteiger partial charge in [0.1, 0.15) is 6.54 Å². The van der Waals surface area contributed by atoms with E-state index in [0.29, 0.717) is 23.5 Å². The van der Waals surface area contributed by atoms with E-state index in [1.165, 1.54) is 12.3 Å². The van der Waals surface area contributed by atoms with Crippen LogP contribution in [-0.4, -0.2) is 40.3 Å². The number of alkyl halides is 2. The summed E-state index contributed by atoms with van der Waals surface area (Å²) < 4.78 is 29.2. The highest BCUT2D eigenvalue weighted by atomic mass is 19.3. The van der Waals surface area contributed by atoms with Crippen LogP contribution in [0.5, 0.6) is 0 Å². The lowest BCUT2D eigenvalue weighted by Gasteiger charge is -2.27. The van der Waals surface area contributed by atoms with Crippen LogP contribution in [0.3, 0.4) is 0 Å². The predicted molar refractivity (Wildman–Crippen MR) is 86.7 cm³/mol. The standard InChI is InChI=1S/C17H20F2N4O/c18-17(19,13-20-16(24)22-10-5-2-6-11-22)23-12-9-15(21-23)14-7-3-1-4-8-14/h1,3-4,7-9,12H,2,5-6,10-11,13H2,(H,20,24). The van der Waals surface area contributed by atoms with Gasteiger partial charge in [0.05, 0.1) is 5.69 Å². The molecule has 1 N–H and O–H groups in total. The number of amides is 2. The number of piperidine rings is 1. The summed E-state index contributed by atoms with van der Waals surface area (Å²) in [4.78, 5) is 13.5. The van der Waals surface area contributed by atoms with Crippen molar-refractivity contribution in [2.24, 2.45) is 0 Å². The number of carbonyl (C=O) groups is 1. The fourth-order valence-corrected chi connectivity index (χ4v) is 2.74. The summed E-state index contributed by atoms with van der Waals surface area (Å²) in [6.07, 6.45) is 4.15. The van der Waals surface area contributed by atoms with Crippen LogP contribution < -0.4 is 5.32 Å². The number of likely N-dealkylation sites (tertiary alicyclic amines) is 1. The van der Waals surface area contributed by atoms with E-state index < -0.39 is 18.6 Å². The smallest absolute Gasteiger partial charge is 0.330 e. The molecular formula is C17H20F2N4O. The number of nitrogens with zero attached hydrogens (tertiary/aromatic N) is 3. The van der Waals surface area contributed by atoms with E-state index in [0.717, 1.165) is 24.8 Å². The van der Waals surface area contributed by atoms with Crippen molar-refractivity contribution in [2.75, 3.05) is 19.6 Å². The molecule has 128 valence electrons. The number of benzene rings is 1. The molecule has 0 aliphatic carbocycles. The molecule has 2 heterocycles. The molecule has 0 unspecified atom stereocenters. The number of hydrogen-bond acceptors (Lipinski definition) is 2. The normalized spacial score (nSPS) is 15.3. The molecule has 1 aliphatic rings. The highest BCUT2D eigenvalue weighted by Crippen LogP contribution is 2.23. The van der Waals surface area contributed by atoms with Crippen LogP contribution in [0, 0.1) is 0 Å². The molecule has 0 atom stereocenters. The van der Waals surface area contributed by atoms with Crippen molar-refractivity contribution in [3.63, 3.8) is 0 Å². The van der Waals surface area contributed by atoms with Crippen LogP contribution >= 0.6 is 0 Å². The second kappa shape index (κ2) is 6.98. The zero-order valence-electron chi connectivity index (χ0n) is 13.3. The zero-order valence-corrected chi connectivity index (χ0v) is 13.3. The van der Waals surface area contributed by atoms with Crippen molar-refractivity contribution in [1.29, 1.82) is 0 Å². The average Bonchev–Trinajstić information content (AvgIpc) is 3.12. The van der Waals surface area contributed by atoms with Crippen LogP contribution in [0.25, 0.3) is 11.3 Å². The first-order chi connectivity index (χ1) is 11.6. The first kappa shape index (κ1) is 16.4. The Morgan fingerprint density at radius 3 is 2.54 bits per heavy atom. The Labute approximate surface area is 139 Å². The molecule has 7 heteroatoms. The fourth-order valence-electron chi connectivity index (χ4n) is 2.74. The number of halogens is 2. The minimum absolute atomic E-state index is 0.440. The van der Waals surface area contributed by atoms with Gasteiger partial charge in [0.25, 0.3) is 0 Å². The van der Waals surface area contributed by atoms with E-state index in [1.54, 1.807) is 4.90 Å². The Morgan fingerprint density at radius 1 is 1.12 bits per heavy atom. The molecule has 1 saturated heterocycles. The van der Waals surface area contributed by atoms with Crippen LogP contribution in [0.2, 0.25) is 0 Å². The third kappa shape index (κ3) is 3.72. The Balaban J connectivity index is 1.63. The SMILES string of the molecule is O=C(NCC(F)(F)n1ccc(-c2ccccc2)n1)N1CCCCC1. The molecule has 1 aliphatic heterocycles. The van der Waals surface area contributed by atoms with Gasteiger partial charge < -0.3 is 10.2 Å². The summed E-state index contributed by atoms with van der Waals surface area (Å²) in [5, 5.41) is 6.26. The molecular weight excluding hydrogens is 314 g/mol. The first-order valence-electron chi connectivity index (χ1n) is 8.08. The summed E-state index contributed by atoms with van der Waals surface area (Å²) in [6.45, 7) is 0.465.